The maximum Gasteiger partial charge on any atom is 0.222 e. The van der Waals surface area contributed by atoms with E-state index < -0.39 is 0 Å². The Morgan fingerprint density at radius 1 is 0.837 bits per heavy atom. The molecule has 4 N–H and O–H groups in total. The van der Waals surface area contributed by atoms with Crippen LogP contribution >= 0.6 is 0 Å². The minimum Gasteiger partial charge on any atom is -0.481 e. The number of pyridine rings is 2. The van der Waals surface area contributed by atoms with Crippen LogP contribution in [0.5, 0.6) is 23.5 Å². The summed E-state index contributed by atoms with van der Waals surface area (Å²) in [4.78, 5) is 20.4. The van der Waals surface area contributed by atoms with E-state index in [1.807, 2.05) is 24.3 Å². The molecule has 0 spiro atoms. The highest BCUT2D eigenvalue weighted by Crippen LogP contribution is 2.37. The fourth-order valence-corrected chi connectivity index (χ4v) is 6.47. The third kappa shape index (κ3) is 8.59. The number of hydrogen-bond acceptors (Lipinski definition) is 10. The molecule has 260 valence electrons. The van der Waals surface area contributed by atoms with Gasteiger partial charge in [-0.1, -0.05) is 35.9 Å². The summed E-state index contributed by atoms with van der Waals surface area (Å²) in [6, 6.07) is 15.0. The highest BCUT2D eigenvalue weighted by molar-refractivity contribution is 5.82. The smallest absolute Gasteiger partial charge is 0.222 e. The lowest BCUT2D eigenvalue weighted by Crippen LogP contribution is -2.53. The highest BCUT2D eigenvalue weighted by Gasteiger charge is 2.25. The average Bonchev–Trinajstić information content (AvgIpc) is 3.08. The first-order chi connectivity index (χ1) is 23.9. The molecule has 2 aromatic heterocycles. The van der Waals surface area contributed by atoms with Gasteiger partial charge in [0.25, 0.3) is 0 Å². The van der Waals surface area contributed by atoms with Crippen LogP contribution in [0.15, 0.2) is 65.8 Å². The number of rotatable bonds is 17. The topological polar surface area (TPSA) is 128 Å². The van der Waals surface area contributed by atoms with Crippen molar-refractivity contribution in [2.45, 2.75) is 70.8 Å². The molecule has 1 aromatic carbocycles. The molecule has 1 amide bonds. The molecule has 6 rings (SSSR count). The molecule has 0 saturated carbocycles. The van der Waals surface area contributed by atoms with Crippen molar-refractivity contribution in [1.82, 2.24) is 31.2 Å². The molecule has 0 bridgehead atoms. The number of nitrogens with one attached hydrogen (secondary N) is 4. The van der Waals surface area contributed by atoms with Crippen LogP contribution in [-0.2, 0) is 24.5 Å². The van der Waals surface area contributed by atoms with Gasteiger partial charge in [-0.3, -0.25) is 4.79 Å². The van der Waals surface area contributed by atoms with E-state index in [1.54, 1.807) is 14.2 Å². The number of methoxy groups -OCH3 is 2. The first-order valence-corrected chi connectivity index (χ1v) is 17.1. The Hall–Kier alpha value is -4.45. The molecule has 4 heterocycles. The van der Waals surface area contributed by atoms with E-state index in [4.69, 9.17) is 18.9 Å². The quantitative estimate of drug-likeness (QED) is 0.155. The van der Waals surface area contributed by atoms with Crippen LogP contribution in [0.2, 0.25) is 0 Å². The van der Waals surface area contributed by atoms with Crippen LogP contribution in [0.1, 0.15) is 59.9 Å². The minimum atomic E-state index is 0.100. The maximum absolute atomic E-state index is 11.1. The summed E-state index contributed by atoms with van der Waals surface area (Å²) in [7, 11) is 3.26. The van der Waals surface area contributed by atoms with Crippen LogP contribution in [0.25, 0.3) is 0 Å². The van der Waals surface area contributed by atoms with Gasteiger partial charge in [-0.05, 0) is 67.6 Å². The average molecular weight is 669 g/mol. The molecule has 49 heavy (non-hydrogen) atoms. The van der Waals surface area contributed by atoms with E-state index in [2.05, 4.69) is 75.4 Å². The molecule has 3 atom stereocenters. The van der Waals surface area contributed by atoms with Gasteiger partial charge in [-0.15, -0.1) is 0 Å². The van der Waals surface area contributed by atoms with Gasteiger partial charge >= 0.3 is 0 Å². The lowest BCUT2D eigenvalue weighted by atomic mass is 9.80. The summed E-state index contributed by atoms with van der Waals surface area (Å²) < 4.78 is 23.5. The van der Waals surface area contributed by atoms with E-state index in [0.717, 1.165) is 41.8 Å². The number of benzene rings is 1. The predicted octanol–water partition coefficient (Wildman–Crippen LogP) is 4.25. The van der Waals surface area contributed by atoms with Crippen molar-refractivity contribution in [1.29, 1.82) is 0 Å². The zero-order valence-corrected chi connectivity index (χ0v) is 28.9. The van der Waals surface area contributed by atoms with E-state index >= 15 is 0 Å². The molecule has 0 radical (unpaired) electrons. The fraction of sp³-hybridized carbons (Fsp3) is 0.447. The standard InChI is InChI=1S/C38H48N6O5/c1-24-28(22-48-35-13-11-26(37(43-35)46-3)18-39-20-30-15-16-41-30)7-5-9-32(24)33-10-6-8-29(25(33)2)23-49-36-14-12-27(38(44-36)47-4)19-40-21-31-17-34(45)42-31/h5-9,11-14,30-31,33,39-41H,10,15-23H2,1-4H3,(H,42,45). The Labute approximate surface area is 288 Å². The number of allylic oxidation sites excluding steroid dienone is 2. The van der Waals surface area contributed by atoms with Crippen LogP contribution in [-0.4, -0.2) is 68.4 Å². The van der Waals surface area contributed by atoms with Gasteiger partial charge in [0.15, 0.2) is 0 Å². The molecule has 3 aromatic rings. The second kappa shape index (κ2) is 16.3. The second-order valence-corrected chi connectivity index (χ2v) is 12.9. The summed E-state index contributed by atoms with van der Waals surface area (Å²) in [5.74, 6) is 2.50. The molecular formula is C38H48N6O5. The lowest BCUT2D eigenvalue weighted by molar-refractivity contribution is -0.128. The number of ether oxygens (including phenoxy) is 4. The van der Waals surface area contributed by atoms with Gasteiger partial charge in [-0.2, -0.15) is 9.97 Å². The van der Waals surface area contributed by atoms with E-state index in [0.29, 0.717) is 68.8 Å². The number of amides is 1. The summed E-state index contributed by atoms with van der Waals surface area (Å²) in [5, 5.41) is 13.1. The van der Waals surface area contributed by atoms with Crippen LogP contribution in [0, 0.1) is 6.92 Å². The Morgan fingerprint density at radius 3 is 2.06 bits per heavy atom. The Balaban J connectivity index is 1.05. The van der Waals surface area contributed by atoms with Crippen molar-refractivity contribution in [2.75, 3.05) is 40.5 Å². The number of β-lactam (4-membered cyclic amide) rings is 1. The highest BCUT2D eigenvalue weighted by atomic mass is 16.5. The second-order valence-electron chi connectivity index (χ2n) is 12.9. The molecule has 11 nitrogen and oxygen atoms in total. The third-order valence-corrected chi connectivity index (χ3v) is 9.68. The number of hydrogen-bond donors (Lipinski definition) is 4. The number of aromatic nitrogens is 2. The van der Waals surface area contributed by atoms with Gasteiger partial charge < -0.3 is 40.2 Å². The van der Waals surface area contributed by atoms with Crippen LogP contribution in [0.4, 0.5) is 0 Å². The van der Waals surface area contributed by atoms with Crippen molar-refractivity contribution in [3.05, 3.63) is 93.6 Å². The largest absolute Gasteiger partial charge is 0.481 e. The van der Waals surface area contributed by atoms with Gasteiger partial charge in [0.05, 0.1) is 20.3 Å². The number of carbonyl (C=O) groups is 1. The van der Waals surface area contributed by atoms with Crippen molar-refractivity contribution in [3.8, 4) is 23.5 Å². The summed E-state index contributed by atoms with van der Waals surface area (Å²) in [6.45, 7) is 9.22. The molecule has 2 fully saturated rings. The van der Waals surface area contributed by atoms with Crippen LogP contribution < -0.4 is 40.2 Å². The van der Waals surface area contributed by atoms with E-state index in [9.17, 15) is 4.79 Å². The third-order valence-electron chi connectivity index (χ3n) is 9.68. The molecule has 11 heteroatoms. The lowest BCUT2D eigenvalue weighted by Gasteiger charge is -2.27. The SMILES string of the molecule is COc1nc(OCC2=C(C)C(c3cccc(COc4ccc(CNCC5CCN5)c(OC)n4)c3C)CC=C2)ccc1CNCC1CC(=O)N1. The number of carbonyl (C=O) groups excluding carboxylic acids is 1. The fourth-order valence-electron chi connectivity index (χ4n) is 6.47. The van der Waals surface area contributed by atoms with Crippen molar-refractivity contribution >= 4 is 5.91 Å². The Morgan fingerprint density at radius 2 is 1.47 bits per heavy atom. The predicted molar refractivity (Wildman–Crippen MR) is 188 cm³/mol. The minimum absolute atomic E-state index is 0.100. The van der Waals surface area contributed by atoms with E-state index in [-0.39, 0.29) is 17.9 Å². The summed E-state index contributed by atoms with van der Waals surface area (Å²) >= 11 is 0. The Kier molecular flexibility index (Phi) is 11.4. The first-order valence-electron chi connectivity index (χ1n) is 17.1. The zero-order valence-electron chi connectivity index (χ0n) is 28.9. The van der Waals surface area contributed by atoms with E-state index in [1.165, 1.54) is 23.1 Å². The van der Waals surface area contributed by atoms with Gasteiger partial charge in [0.2, 0.25) is 29.4 Å². The summed E-state index contributed by atoms with van der Waals surface area (Å²) in [6.07, 6.45) is 7.09. The Bertz CT molecular complexity index is 1680. The molecule has 2 saturated heterocycles. The van der Waals surface area contributed by atoms with Gasteiger partial charge in [0.1, 0.15) is 13.2 Å². The molecule has 1 aliphatic carbocycles. The van der Waals surface area contributed by atoms with Gasteiger partial charge in [0, 0.05) is 67.8 Å². The van der Waals surface area contributed by atoms with Gasteiger partial charge in [-0.25, -0.2) is 0 Å². The van der Waals surface area contributed by atoms with Crippen molar-refractivity contribution in [2.24, 2.45) is 0 Å². The maximum atomic E-state index is 11.1. The number of nitrogens with zero attached hydrogens (tertiary/aromatic N) is 2. The van der Waals surface area contributed by atoms with Crippen molar-refractivity contribution < 1.29 is 23.7 Å². The normalized spacial score (nSPS) is 19.9. The monoisotopic (exact) mass is 668 g/mol. The molecule has 3 aliphatic rings. The summed E-state index contributed by atoms with van der Waals surface area (Å²) in [5.41, 5.74) is 7.99. The molecule has 3 unspecified atom stereocenters. The van der Waals surface area contributed by atoms with Crippen LogP contribution in [0.3, 0.4) is 0 Å². The molecular weight excluding hydrogens is 620 g/mol. The molecule has 2 aliphatic heterocycles. The first kappa shape index (κ1) is 34.4. The van der Waals surface area contributed by atoms with Crippen molar-refractivity contribution in [3.63, 3.8) is 0 Å². The zero-order chi connectivity index (χ0) is 34.2.